The fraction of sp³-hybridized carbons (Fsp3) is 0.316. The fourth-order valence-corrected chi connectivity index (χ4v) is 5.39. The van der Waals surface area contributed by atoms with Crippen LogP contribution in [0.15, 0.2) is 48.5 Å². The first-order valence-electron chi connectivity index (χ1n) is 8.68. The minimum absolute atomic E-state index is 0.0136. The van der Waals surface area contributed by atoms with Gasteiger partial charge in [0.2, 0.25) is 0 Å². The van der Waals surface area contributed by atoms with Gasteiger partial charge in [-0.05, 0) is 36.2 Å². The Hall–Kier alpha value is -2.26. The van der Waals surface area contributed by atoms with Gasteiger partial charge in [0, 0.05) is 23.7 Å². The average Bonchev–Trinajstić information content (AvgIpc) is 2.79. The van der Waals surface area contributed by atoms with Crippen molar-refractivity contribution in [1.82, 2.24) is 4.90 Å². The fourth-order valence-electron chi connectivity index (χ4n) is 3.24. The summed E-state index contributed by atoms with van der Waals surface area (Å²) < 4.78 is 66.5. The van der Waals surface area contributed by atoms with Crippen LogP contribution in [0.2, 0.25) is 5.02 Å². The maximum atomic E-state index is 12.8. The van der Waals surface area contributed by atoms with Gasteiger partial charge in [0.1, 0.15) is 5.75 Å². The number of hydrogen-bond acceptors (Lipinski definition) is 4. The molecule has 1 amide bonds. The van der Waals surface area contributed by atoms with Crippen LogP contribution in [-0.4, -0.2) is 44.4 Å². The van der Waals surface area contributed by atoms with Crippen molar-refractivity contribution in [2.75, 3.05) is 18.8 Å². The predicted octanol–water partition coefficient (Wildman–Crippen LogP) is 4.24. The lowest BCUT2D eigenvalue weighted by Gasteiger charge is -2.20. The smallest absolute Gasteiger partial charge is 0.406 e. The number of carbonyl (C=O) groups is 1. The number of nitrogens with zero attached hydrogens (tertiary/aromatic N) is 1. The normalized spacial score (nSPS) is 19.4. The molecule has 10 heteroatoms. The molecular formula is C19H17ClF3NO4S. The van der Waals surface area contributed by atoms with Crippen molar-refractivity contribution < 1.29 is 31.1 Å². The zero-order chi connectivity index (χ0) is 21.2. The molecule has 0 spiro atoms. The topological polar surface area (TPSA) is 63.7 Å². The lowest BCUT2D eigenvalue weighted by atomic mass is 10.1. The summed E-state index contributed by atoms with van der Waals surface area (Å²) in [6.45, 7) is 0.0603. The lowest BCUT2D eigenvalue weighted by molar-refractivity contribution is -0.274. The molecule has 156 valence electrons. The van der Waals surface area contributed by atoms with Crippen LogP contribution in [0.5, 0.6) is 5.75 Å². The van der Waals surface area contributed by atoms with E-state index in [0.29, 0.717) is 10.6 Å². The SMILES string of the molecule is O=C(c1cccc(OC(F)(F)F)c1)N1CCC(c2ccccc2Cl)S(=O)(=O)CC1. The molecule has 1 unspecified atom stereocenters. The van der Waals surface area contributed by atoms with Crippen molar-refractivity contribution in [3.05, 3.63) is 64.7 Å². The summed E-state index contributed by atoms with van der Waals surface area (Å²) in [5.74, 6) is -1.35. The molecular weight excluding hydrogens is 431 g/mol. The van der Waals surface area contributed by atoms with Crippen LogP contribution in [-0.2, 0) is 9.84 Å². The highest BCUT2D eigenvalue weighted by molar-refractivity contribution is 7.91. The van der Waals surface area contributed by atoms with Gasteiger partial charge in [-0.3, -0.25) is 4.79 Å². The van der Waals surface area contributed by atoms with Crippen LogP contribution in [0.3, 0.4) is 0 Å². The Bertz CT molecular complexity index is 1010. The molecule has 0 bridgehead atoms. The molecule has 1 aliphatic rings. The monoisotopic (exact) mass is 447 g/mol. The molecule has 2 aromatic carbocycles. The Labute approximate surface area is 170 Å². The highest BCUT2D eigenvalue weighted by Crippen LogP contribution is 2.34. The number of carbonyl (C=O) groups excluding carboxylic acids is 1. The van der Waals surface area contributed by atoms with E-state index < -0.39 is 33.1 Å². The van der Waals surface area contributed by atoms with E-state index in [2.05, 4.69) is 4.74 Å². The van der Waals surface area contributed by atoms with Gasteiger partial charge in [-0.15, -0.1) is 13.2 Å². The molecule has 1 saturated heterocycles. The second kappa shape index (κ2) is 8.23. The van der Waals surface area contributed by atoms with Crippen LogP contribution in [0, 0.1) is 0 Å². The van der Waals surface area contributed by atoms with Crippen LogP contribution in [0.4, 0.5) is 13.2 Å². The molecule has 0 aliphatic carbocycles. The third-order valence-corrected chi connectivity index (χ3v) is 7.05. The van der Waals surface area contributed by atoms with Crippen LogP contribution in [0.1, 0.15) is 27.6 Å². The number of rotatable bonds is 3. The van der Waals surface area contributed by atoms with E-state index in [-0.39, 0.29) is 30.8 Å². The summed E-state index contributed by atoms with van der Waals surface area (Å²) >= 11 is 6.15. The second-order valence-electron chi connectivity index (χ2n) is 6.53. The van der Waals surface area contributed by atoms with Gasteiger partial charge < -0.3 is 9.64 Å². The number of amides is 1. The van der Waals surface area contributed by atoms with E-state index in [1.54, 1.807) is 24.3 Å². The maximum Gasteiger partial charge on any atom is 0.573 e. The lowest BCUT2D eigenvalue weighted by Crippen LogP contribution is -2.33. The van der Waals surface area contributed by atoms with Crippen molar-refractivity contribution >= 4 is 27.3 Å². The molecule has 2 aromatic rings. The summed E-state index contributed by atoms with van der Waals surface area (Å²) in [5, 5.41) is -0.522. The predicted molar refractivity (Wildman–Crippen MR) is 102 cm³/mol. The van der Waals surface area contributed by atoms with E-state index >= 15 is 0 Å². The maximum absolute atomic E-state index is 12.8. The Morgan fingerprint density at radius 3 is 2.52 bits per heavy atom. The van der Waals surface area contributed by atoms with Crippen molar-refractivity contribution in [2.24, 2.45) is 0 Å². The van der Waals surface area contributed by atoms with Crippen LogP contribution in [0.25, 0.3) is 0 Å². The van der Waals surface area contributed by atoms with E-state index in [1.807, 2.05) is 0 Å². The van der Waals surface area contributed by atoms with Gasteiger partial charge >= 0.3 is 6.36 Å². The molecule has 0 aromatic heterocycles. The van der Waals surface area contributed by atoms with E-state index in [1.165, 1.54) is 17.0 Å². The summed E-state index contributed by atoms with van der Waals surface area (Å²) in [6, 6.07) is 11.3. The molecule has 3 rings (SSSR count). The van der Waals surface area contributed by atoms with Crippen LogP contribution >= 0.6 is 11.6 Å². The first kappa shape index (κ1) is 21.4. The number of benzene rings is 2. The van der Waals surface area contributed by atoms with Gasteiger partial charge in [0.25, 0.3) is 5.91 Å². The standard InChI is InChI=1S/C19H17ClF3NO4S/c20-16-7-2-1-6-15(16)17-8-9-24(10-11-29(17,26)27)18(25)13-4-3-5-14(12-13)28-19(21,22)23/h1-7,12,17H,8-11H2. The van der Waals surface area contributed by atoms with Crippen molar-refractivity contribution in [3.8, 4) is 5.75 Å². The largest absolute Gasteiger partial charge is 0.573 e. The third kappa shape index (κ3) is 5.22. The first-order chi connectivity index (χ1) is 13.6. The Balaban J connectivity index is 1.81. The molecule has 0 radical (unpaired) electrons. The van der Waals surface area contributed by atoms with Crippen molar-refractivity contribution in [2.45, 2.75) is 18.0 Å². The zero-order valence-electron chi connectivity index (χ0n) is 15.0. The van der Waals surface area contributed by atoms with Gasteiger partial charge in [-0.2, -0.15) is 0 Å². The average molecular weight is 448 g/mol. The molecule has 1 fully saturated rings. The Morgan fingerprint density at radius 1 is 1.10 bits per heavy atom. The van der Waals surface area contributed by atoms with E-state index in [4.69, 9.17) is 11.6 Å². The van der Waals surface area contributed by atoms with Crippen molar-refractivity contribution in [3.63, 3.8) is 0 Å². The second-order valence-corrected chi connectivity index (χ2v) is 9.24. The molecule has 0 saturated carbocycles. The minimum Gasteiger partial charge on any atom is -0.406 e. The zero-order valence-corrected chi connectivity index (χ0v) is 16.6. The highest BCUT2D eigenvalue weighted by Gasteiger charge is 2.34. The van der Waals surface area contributed by atoms with E-state index in [0.717, 1.165) is 12.1 Å². The molecule has 0 N–H and O–H groups in total. The van der Waals surface area contributed by atoms with Gasteiger partial charge in [-0.1, -0.05) is 35.9 Å². The molecule has 1 atom stereocenters. The van der Waals surface area contributed by atoms with Crippen LogP contribution < -0.4 is 4.74 Å². The minimum atomic E-state index is -4.87. The summed E-state index contributed by atoms with van der Waals surface area (Å²) in [4.78, 5) is 14.1. The Morgan fingerprint density at radius 2 is 1.83 bits per heavy atom. The van der Waals surface area contributed by atoms with Gasteiger partial charge in [0.05, 0.1) is 11.0 Å². The first-order valence-corrected chi connectivity index (χ1v) is 10.8. The van der Waals surface area contributed by atoms with Crippen molar-refractivity contribution in [1.29, 1.82) is 0 Å². The molecule has 5 nitrogen and oxygen atoms in total. The summed E-state index contributed by atoms with van der Waals surface area (Å²) in [7, 11) is -3.57. The van der Waals surface area contributed by atoms with Gasteiger partial charge in [-0.25, -0.2) is 8.42 Å². The van der Waals surface area contributed by atoms with E-state index in [9.17, 15) is 26.4 Å². The summed E-state index contributed by atoms with van der Waals surface area (Å²) in [5.41, 5.74) is 0.462. The Kier molecular flexibility index (Phi) is 6.09. The quantitative estimate of drug-likeness (QED) is 0.706. The summed E-state index contributed by atoms with van der Waals surface area (Å²) in [6.07, 6.45) is -4.74. The number of sulfone groups is 1. The number of ether oxygens (including phenoxy) is 1. The third-order valence-electron chi connectivity index (χ3n) is 4.59. The number of halogens is 4. The molecule has 1 aliphatic heterocycles. The highest BCUT2D eigenvalue weighted by atomic mass is 35.5. The number of hydrogen-bond donors (Lipinski definition) is 0. The van der Waals surface area contributed by atoms with Gasteiger partial charge in [0.15, 0.2) is 9.84 Å². The molecule has 29 heavy (non-hydrogen) atoms. The number of alkyl halides is 3. The molecule has 1 heterocycles.